The average Bonchev–Trinajstić information content (AvgIpc) is 2.69. The van der Waals surface area contributed by atoms with Gasteiger partial charge in [-0.15, -0.1) is 0 Å². The summed E-state index contributed by atoms with van der Waals surface area (Å²) in [5.74, 6) is 1.31. The van der Waals surface area contributed by atoms with Gasteiger partial charge in [-0.1, -0.05) is 13.8 Å². The van der Waals surface area contributed by atoms with Crippen LogP contribution in [0.25, 0.3) is 0 Å². The van der Waals surface area contributed by atoms with E-state index in [0.717, 1.165) is 36.4 Å². The molecule has 4 nitrogen and oxygen atoms in total. The Morgan fingerprint density at radius 2 is 2.00 bits per heavy atom. The minimum Gasteiger partial charge on any atom is -0.496 e. The average molecular weight is 376 g/mol. The van der Waals surface area contributed by atoms with Crippen LogP contribution >= 0.6 is 0 Å². The van der Waals surface area contributed by atoms with Crippen molar-refractivity contribution in [3.63, 3.8) is 0 Å². The highest BCUT2D eigenvalue weighted by Crippen LogP contribution is 2.45. The van der Waals surface area contributed by atoms with Gasteiger partial charge < -0.3 is 9.64 Å². The van der Waals surface area contributed by atoms with E-state index in [4.69, 9.17) is 10.00 Å². The molecule has 0 saturated heterocycles. The second-order valence-electron chi connectivity index (χ2n) is 8.14. The first-order valence-electron chi connectivity index (χ1n) is 9.93. The second-order valence-corrected chi connectivity index (χ2v) is 8.14. The lowest BCUT2D eigenvalue weighted by Gasteiger charge is -2.47. The van der Waals surface area contributed by atoms with Crippen molar-refractivity contribution in [1.29, 1.82) is 5.26 Å². The van der Waals surface area contributed by atoms with Gasteiger partial charge >= 0.3 is 0 Å². The topological polar surface area (TPSA) is 48.6 Å². The quantitative estimate of drug-likeness (QED) is 0.619. The van der Waals surface area contributed by atoms with Crippen LogP contribution in [0.1, 0.15) is 63.1 Å². The molecule has 0 radical (unpaired) electrons. The molecule has 0 amide bonds. The normalized spacial score (nSPS) is 18.0. The number of rotatable bonds is 5. The van der Waals surface area contributed by atoms with Gasteiger partial charge in [0.15, 0.2) is 0 Å². The maximum Gasteiger partial charge on any atom is 0.129 e. The Balaban J connectivity index is 2.01. The summed E-state index contributed by atoms with van der Waals surface area (Å²) in [4.78, 5) is 7.11. The summed E-state index contributed by atoms with van der Waals surface area (Å²) in [6, 6.07) is 13.8. The summed E-state index contributed by atoms with van der Waals surface area (Å²) in [7, 11) is 1.71. The van der Waals surface area contributed by atoms with Crippen molar-refractivity contribution < 1.29 is 4.74 Å². The number of benzene rings is 2. The number of methoxy groups -OCH3 is 1. The molecule has 1 aliphatic heterocycles. The van der Waals surface area contributed by atoms with Gasteiger partial charge in [-0.25, -0.2) is 0 Å². The molecule has 28 heavy (non-hydrogen) atoms. The molecule has 0 saturated carbocycles. The van der Waals surface area contributed by atoms with Crippen molar-refractivity contribution in [1.82, 2.24) is 0 Å². The molecule has 0 N–H and O–H groups in total. The molecule has 1 heterocycles. The zero-order valence-electron chi connectivity index (χ0n) is 17.5. The predicted octanol–water partition coefficient (Wildman–Crippen LogP) is 5.82. The third kappa shape index (κ3) is 3.89. The lowest BCUT2D eigenvalue weighted by atomic mass is 9.79. The number of nitriles is 1. The smallest absolute Gasteiger partial charge is 0.129 e. The van der Waals surface area contributed by atoms with Crippen molar-refractivity contribution in [2.24, 2.45) is 4.99 Å². The van der Waals surface area contributed by atoms with Crippen molar-refractivity contribution in [2.45, 2.75) is 52.0 Å². The van der Waals surface area contributed by atoms with E-state index in [9.17, 15) is 0 Å². The van der Waals surface area contributed by atoms with Crippen LogP contribution in [0.3, 0.4) is 0 Å². The molecule has 3 rings (SSSR count). The van der Waals surface area contributed by atoms with Crippen LogP contribution in [-0.2, 0) is 0 Å². The summed E-state index contributed by atoms with van der Waals surface area (Å²) < 4.78 is 5.71. The molecule has 0 fully saturated rings. The fraction of sp³-hybridized carbons (Fsp3) is 0.417. The Labute approximate surface area is 168 Å². The molecule has 1 aliphatic rings. The zero-order valence-corrected chi connectivity index (χ0v) is 17.5. The summed E-state index contributed by atoms with van der Waals surface area (Å²) in [5.41, 5.74) is 5.20. The Kier molecular flexibility index (Phi) is 5.74. The zero-order chi connectivity index (χ0) is 20.3. The van der Waals surface area contributed by atoms with Gasteiger partial charge in [-0.2, -0.15) is 5.26 Å². The van der Waals surface area contributed by atoms with Crippen molar-refractivity contribution in [2.75, 3.05) is 18.6 Å². The van der Waals surface area contributed by atoms with Crippen molar-refractivity contribution in [3.8, 4) is 11.8 Å². The molecule has 1 unspecified atom stereocenters. The number of hydrogen-bond acceptors (Lipinski definition) is 4. The summed E-state index contributed by atoms with van der Waals surface area (Å²) >= 11 is 0. The summed E-state index contributed by atoms with van der Waals surface area (Å²) in [6.07, 6.45) is 4.09. The maximum atomic E-state index is 8.93. The van der Waals surface area contributed by atoms with Crippen LogP contribution in [0.15, 0.2) is 41.4 Å². The van der Waals surface area contributed by atoms with Crippen LogP contribution in [0, 0.1) is 11.3 Å². The lowest BCUT2D eigenvalue weighted by molar-refractivity contribution is 0.372. The SMILES string of the molecule is CCCN1c2cc(OC)c(C=Nc3ccc(C#N)cc3)cc2C(C)CC1(C)C. The van der Waals surface area contributed by atoms with E-state index in [2.05, 4.69) is 55.8 Å². The van der Waals surface area contributed by atoms with E-state index < -0.39 is 0 Å². The monoisotopic (exact) mass is 375 g/mol. The fourth-order valence-corrected chi connectivity index (χ4v) is 4.22. The number of ether oxygens (including phenoxy) is 1. The Morgan fingerprint density at radius 1 is 1.29 bits per heavy atom. The van der Waals surface area contributed by atoms with Gasteiger partial charge in [0.25, 0.3) is 0 Å². The molecular formula is C24H29N3O. The van der Waals surface area contributed by atoms with Gasteiger partial charge in [0.1, 0.15) is 5.75 Å². The van der Waals surface area contributed by atoms with Crippen molar-refractivity contribution in [3.05, 3.63) is 53.1 Å². The highest BCUT2D eigenvalue weighted by molar-refractivity contribution is 5.87. The van der Waals surface area contributed by atoms with Gasteiger partial charge in [0, 0.05) is 35.6 Å². The third-order valence-electron chi connectivity index (χ3n) is 5.53. The minimum atomic E-state index is 0.130. The van der Waals surface area contributed by atoms with Gasteiger partial charge in [0.2, 0.25) is 0 Å². The maximum absolute atomic E-state index is 8.93. The molecule has 4 heteroatoms. The Hall–Kier alpha value is -2.80. The molecule has 2 aromatic rings. The van der Waals surface area contributed by atoms with Crippen LogP contribution in [0.2, 0.25) is 0 Å². The largest absolute Gasteiger partial charge is 0.496 e. The van der Waals surface area contributed by atoms with Gasteiger partial charge in [-0.05, 0) is 68.5 Å². The molecule has 0 bridgehead atoms. The first-order chi connectivity index (χ1) is 13.4. The van der Waals surface area contributed by atoms with E-state index in [-0.39, 0.29) is 5.54 Å². The van der Waals surface area contributed by atoms with Gasteiger partial charge in [0.05, 0.1) is 24.4 Å². The molecule has 0 aliphatic carbocycles. The lowest BCUT2D eigenvalue weighted by Crippen LogP contribution is -2.48. The fourth-order valence-electron chi connectivity index (χ4n) is 4.22. The number of fused-ring (bicyclic) bond motifs is 1. The highest BCUT2D eigenvalue weighted by atomic mass is 16.5. The summed E-state index contributed by atoms with van der Waals surface area (Å²) in [6.45, 7) is 10.2. The molecular weight excluding hydrogens is 346 g/mol. The number of aliphatic imine (C=N–C) groups is 1. The van der Waals surface area contributed by atoms with E-state index in [1.165, 1.54) is 11.3 Å². The first kappa shape index (κ1) is 19.9. The van der Waals surface area contributed by atoms with Crippen LogP contribution in [0.4, 0.5) is 11.4 Å². The van der Waals surface area contributed by atoms with Crippen LogP contribution in [-0.4, -0.2) is 25.4 Å². The predicted molar refractivity (Wildman–Crippen MR) is 116 cm³/mol. The highest BCUT2D eigenvalue weighted by Gasteiger charge is 2.36. The van der Waals surface area contributed by atoms with E-state index in [1.54, 1.807) is 19.2 Å². The molecule has 0 aromatic heterocycles. The van der Waals surface area contributed by atoms with E-state index in [1.807, 2.05) is 18.3 Å². The minimum absolute atomic E-state index is 0.130. The summed E-state index contributed by atoms with van der Waals surface area (Å²) in [5, 5.41) is 8.93. The Morgan fingerprint density at radius 3 is 2.61 bits per heavy atom. The molecule has 2 aromatic carbocycles. The number of hydrogen-bond donors (Lipinski definition) is 0. The second kappa shape index (κ2) is 8.06. The number of anilines is 1. The Bertz CT molecular complexity index is 907. The van der Waals surface area contributed by atoms with Crippen LogP contribution < -0.4 is 9.64 Å². The van der Waals surface area contributed by atoms with Crippen LogP contribution in [0.5, 0.6) is 5.75 Å². The third-order valence-corrected chi connectivity index (χ3v) is 5.53. The molecule has 0 spiro atoms. The van der Waals surface area contributed by atoms with Crippen molar-refractivity contribution >= 4 is 17.6 Å². The number of nitrogens with zero attached hydrogens (tertiary/aromatic N) is 3. The van der Waals surface area contributed by atoms with E-state index in [0.29, 0.717) is 11.5 Å². The van der Waals surface area contributed by atoms with Gasteiger partial charge in [-0.3, -0.25) is 4.99 Å². The van der Waals surface area contributed by atoms with E-state index >= 15 is 0 Å². The molecule has 146 valence electrons. The first-order valence-corrected chi connectivity index (χ1v) is 9.93. The standard InChI is InChI=1S/C24H29N3O/c1-6-11-27-22-13-23(28-5)19(12-21(22)17(2)14-24(27,3)4)16-26-20-9-7-18(15-25)8-10-20/h7-10,12-13,16-17H,6,11,14H2,1-5H3. The molecule has 1 atom stereocenters.